The summed E-state index contributed by atoms with van der Waals surface area (Å²) in [5.74, 6) is -0.869. The summed E-state index contributed by atoms with van der Waals surface area (Å²) >= 11 is 0. The highest BCUT2D eigenvalue weighted by atomic mass is 31.2. The SMILES string of the molecule is CC/C=C\C/C=C\C/C=C\C/C=C\C/C=C\C/C=C\C/C=C\C/C=C\C/C=C\CCCCCCCCCC(=O)OC(COC(=O)CCCCCCCCCC/C=C\C/C=C\C/C=C\C/C=C\C/C=C\C/C=C\CC)COP(=O)([O-])OCC[N+](C)(C)C. The third kappa shape index (κ3) is 68.2. The predicted molar refractivity (Wildman–Crippen MR) is 369 cm³/mol. The maximum absolute atomic E-state index is 12.9. The summed E-state index contributed by atoms with van der Waals surface area (Å²) in [5, 5.41) is 0. The number of phosphoric acid groups is 1. The average molecular weight is 1210 g/mol. The maximum Gasteiger partial charge on any atom is 0.306 e. The number of ether oxygens (including phenoxy) is 2. The monoisotopic (exact) mass is 1210 g/mol. The number of phosphoric ester groups is 1. The molecule has 0 radical (unpaired) electrons. The van der Waals surface area contributed by atoms with Crippen LogP contribution in [0.15, 0.2) is 182 Å². The van der Waals surface area contributed by atoms with Gasteiger partial charge in [-0.25, -0.2) is 0 Å². The van der Waals surface area contributed by atoms with Crippen molar-refractivity contribution in [3.63, 3.8) is 0 Å². The minimum atomic E-state index is -4.66. The maximum atomic E-state index is 12.9. The third-order valence-corrected chi connectivity index (χ3v) is 14.4. The van der Waals surface area contributed by atoms with Crippen LogP contribution in [-0.4, -0.2) is 70.0 Å². The van der Waals surface area contributed by atoms with E-state index in [0.29, 0.717) is 23.9 Å². The fourth-order valence-electron chi connectivity index (χ4n) is 8.36. The minimum Gasteiger partial charge on any atom is -0.756 e. The van der Waals surface area contributed by atoms with Crippen molar-refractivity contribution in [1.82, 2.24) is 0 Å². The van der Waals surface area contributed by atoms with Crippen molar-refractivity contribution < 1.29 is 42.1 Å². The topological polar surface area (TPSA) is 111 Å². The number of unbranched alkanes of at least 4 members (excludes halogenated alkanes) is 15. The van der Waals surface area contributed by atoms with E-state index < -0.39 is 32.5 Å². The first-order valence-corrected chi connectivity index (χ1v) is 35.0. The van der Waals surface area contributed by atoms with Gasteiger partial charge in [-0.2, -0.15) is 0 Å². The summed E-state index contributed by atoms with van der Waals surface area (Å²) in [6, 6.07) is 0. The Morgan fingerprint density at radius 2 is 0.628 bits per heavy atom. The molecule has 0 aromatic heterocycles. The summed E-state index contributed by atoms with van der Waals surface area (Å²) in [5.41, 5.74) is 0. The average Bonchev–Trinajstić information content (AvgIpc) is 3.56. The zero-order valence-corrected chi connectivity index (χ0v) is 55.8. The Labute approximate surface area is 527 Å². The summed E-state index contributed by atoms with van der Waals surface area (Å²) in [4.78, 5) is 38.0. The Kier molecular flexibility index (Phi) is 60.9. The number of quaternary nitrogens is 1. The highest BCUT2D eigenvalue weighted by molar-refractivity contribution is 7.45. The lowest BCUT2D eigenvalue weighted by atomic mass is 10.1. The Morgan fingerprint density at radius 3 is 0.930 bits per heavy atom. The molecule has 0 saturated heterocycles. The summed E-state index contributed by atoms with van der Waals surface area (Å²) in [6.45, 7) is 3.97. The number of allylic oxidation sites excluding steroid dienone is 30. The molecule has 2 atom stereocenters. The first kappa shape index (κ1) is 81.1. The van der Waals surface area contributed by atoms with Crippen LogP contribution in [0.1, 0.15) is 232 Å². The minimum absolute atomic E-state index is 0.0452. The Balaban J connectivity index is 4.21. The van der Waals surface area contributed by atoms with Gasteiger partial charge in [-0.05, 0) is 135 Å². The van der Waals surface area contributed by atoms with E-state index in [9.17, 15) is 19.0 Å². The van der Waals surface area contributed by atoms with E-state index in [0.717, 1.165) is 154 Å². The first-order chi connectivity index (χ1) is 42.0. The zero-order chi connectivity index (χ0) is 62.6. The second-order valence-corrected chi connectivity index (χ2v) is 24.1. The molecule has 0 aromatic carbocycles. The van der Waals surface area contributed by atoms with Crippen LogP contribution < -0.4 is 4.89 Å². The molecule has 2 unspecified atom stereocenters. The van der Waals surface area contributed by atoms with Gasteiger partial charge in [0, 0.05) is 12.8 Å². The van der Waals surface area contributed by atoms with Crippen molar-refractivity contribution in [2.45, 2.75) is 238 Å². The van der Waals surface area contributed by atoms with E-state index >= 15 is 0 Å². The standard InChI is InChI=1S/C76H122NO8P/c1-6-8-10-12-14-16-18-20-22-24-26-28-30-32-34-35-36-37-38-39-40-41-43-45-47-49-51-53-55-57-59-61-63-65-67-69-76(79)85-74(73-84-86(80,81)83-71-70-77(3,4)5)72-82-75(78)68-66-64-62-60-58-56-54-52-50-48-46-44-42-33-31-29-27-25-23-21-19-17-15-13-11-9-7-2/h8-11,14-17,20-23,26-29,32-34,36-37,39-40,42-43,45-46,48-49,51,74H,6-7,12-13,18-19,24-25,30-31,35,38,41,44,47,50,52-73H2,1-5H3/b10-8-,11-9-,16-14-,17-15-,22-20-,23-21-,28-26-,29-27-,34-32-,37-36-,40-39-,42-33-,45-43-,48-46-,51-49-. The number of esters is 2. The van der Waals surface area contributed by atoms with Gasteiger partial charge < -0.3 is 27.9 Å². The molecule has 484 valence electrons. The Hall–Kier alpha value is -4.89. The molecule has 0 amide bonds. The van der Waals surface area contributed by atoms with Gasteiger partial charge in [0.25, 0.3) is 7.82 Å². The molecule has 0 spiro atoms. The number of hydrogen-bond donors (Lipinski definition) is 0. The van der Waals surface area contributed by atoms with Crippen molar-refractivity contribution in [2.24, 2.45) is 0 Å². The van der Waals surface area contributed by atoms with Gasteiger partial charge >= 0.3 is 11.9 Å². The molecule has 0 rings (SSSR count). The van der Waals surface area contributed by atoms with Crippen LogP contribution >= 0.6 is 7.82 Å². The van der Waals surface area contributed by atoms with E-state index in [4.69, 9.17) is 18.5 Å². The van der Waals surface area contributed by atoms with Crippen LogP contribution in [0.2, 0.25) is 0 Å². The molecule has 0 aliphatic carbocycles. The number of nitrogens with zero attached hydrogens (tertiary/aromatic N) is 1. The number of rotatable bonds is 59. The van der Waals surface area contributed by atoms with Gasteiger partial charge in [0.15, 0.2) is 6.10 Å². The van der Waals surface area contributed by atoms with Crippen LogP contribution in [0.25, 0.3) is 0 Å². The second kappa shape index (κ2) is 64.6. The Morgan fingerprint density at radius 1 is 0.360 bits per heavy atom. The van der Waals surface area contributed by atoms with E-state index in [-0.39, 0.29) is 26.1 Å². The molecule has 9 nitrogen and oxygen atoms in total. The van der Waals surface area contributed by atoms with Gasteiger partial charge in [0.1, 0.15) is 19.8 Å². The zero-order valence-electron chi connectivity index (χ0n) is 54.9. The van der Waals surface area contributed by atoms with Crippen LogP contribution in [-0.2, 0) is 32.7 Å². The summed E-state index contributed by atoms with van der Waals surface area (Å²) in [7, 11) is 1.13. The molecular formula is C76H122NO8P. The summed E-state index contributed by atoms with van der Waals surface area (Å²) in [6.07, 6.45) is 99.5. The molecule has 0 aliphatic heterocycles. The van der Waals surface area contributed by atoms with Crippen molar-refractivity contribution in [3.8, 4) is 0 Å². The molecule has 0 heterocycles. The molecule has 0 N–H and O–H groups in total. The lowest BCUT2D eigenvalue weighted by molar-refractivity contribution is -0.870. The van der Waals surface area contributed by atoms with Crippen molar-refractivity contribution in [2.75, 3.05) is 47.5 Å². The lowest BCUT2D eigenvalue weighted by Gasteiger charge is -2.28. The molecule has 0 aromatic rings. The predicted octanol–water partition coefficient (Wildman–Crippen LogP) is 21.3. The number of carbonyl (C=O) groups excluding carboxylic acids is 2. The smallest absolute Gasteiger partial charge is 0.306 e. The molecule has 0 fully saturated rings. The Bertz CT molecular complexity index is 2100. The lowest BCUT2D eigenvalue weighted by Crippen LogP contribution is -2.37. The van der Waals surface area contributed by atoms with E-state index in [1.165, 1.54) is 38.5 Å². The molecular weight excluding hydrogens is 1090 g/mol. The van der Waals surface area contributed by atoms with Gasteiger partial charge in [-0.15, -0.1) is 0 Å². The first-order valence-electron chi connectivity index (χ1n) is 33.5. The van der Waals surface area contributed by atoms with Crippen LogP contribution in [0, 0.1) is 0 Å². The molecule has 0 aliphatic rings. The van der Waals surface area contributed by atoms with Crippen molar-refractivity contribution in [3.05, 3.63) is 182 Å². The van der Waals surface area contributed by atoms with Gasteiger partial charge in [0.2, 0.25) is 0 Å². The summed E-state index contributed by atoms with van der Waals surface area (Å²) < 4.78 is 34.2. The van der Waals surface area contributed by atoms with E-state index in [1.54, 1.807) is 0 Å². The van der Waals surface area contributed by atoms with Crippen molar-refractivity contribution in [1.29, 1.82) is 0 Å². The highest BCUT2D eigenvalue weighted by Crippen LogP contribution is 2.38. The number of carbonyl (C=O) groups is 2. The van der Waals surface area contributed by atoms with E-state index in [2.05, 4.69) is 196 Å². The second-order valence-electron chi connectivity index (χ2n) is 22.7. The number of likely N-dealkylation sites (N-methyl/N-ethyl adjacent to an activating group) is 1. The fraction of sp³-hybridized carbons (Fsp3) is 0.579. The largest absolute Gasteiger partial charge is 0.756 e. The fourth-order valence-corrected chi connectivity index (χ4v) is 9.09. The van der Waals surface area contributed by atoms with Gasteiger partial charge in [0.05, 0.1) is 27.7 Å². The van der Waals surface area contributed by atoms with E-state index in [1.807, 2.05) is 21.1 Å². The molecule has 10 heteroatoms. The highest BCUT2D eigenvalue weighted by Gasteiger charge is 2.22. The molecule has 86 heavy (non-hydrogen) atoms. The normalized spacial score (nSPS) is 14.3. The number of hydrogen-bond acceptors (Lipinski definition) is 8. The van der Waals surface area contributed by atoms with Crippen LogP contribution in [0.5, 0.6) is 0 Å². The molecule has 0 bridgehead atoms. The van der Waals surface area contributed by atoms with Gasteiger partial charge in [-0.3, -0.25) is 14.2 Å². The van der Waals surface area contributed by atoms with Crippen LogP contribution in [0.3, 0.4) is 0 Å². The third-order valence-electron chi connectivity index (χ3n) is 13.4. The van der Waals surface area contributed by atoms with Gasteiger partial charge in [-0.1, -0.05) is 267 Å². The quantitative estimate of drug-likeness (QED) is 0.0195. The van der Waals surface area contributed by atoms with Crippen molar-refractivity contribution >= 4 is 19.8 Å². The van der Waals surface area contributed by atoms with Crippen LogP contribution in [0.4, 0.5) is 0 Å². The molecule has 0 saturated carbocycles.